The van der Waals surface area contributed by atoms with Crippen LogP contribution in [-0.4, -0.2) is 34.5 Å². The molecule has 1 N–H and O–H groups in total. The number of hydrogen-bond acceptors (Lipinski definition) is 3. The molecule has 0 aliphatic rings. The van der Waals surface area contributed by atoms with Gasteiger partial charge in [0.15, 0.2) is 0 Å². The van der Waals surface area contributed by atoms with Gasteiger partial charge in [0, 0.05) is 11.4 Å². The molecular formula is C18H26ClN3. The third-order valence-electron chi connectivity index (χ3n) is 3.98. The summed E-state index contributed by atoms with van der Waals surface area (Å²) in [6.07, 6.45) is 2.24. The predicted octanol–water partition coefficient (Wildman–Crippen LogP) is 4.72. The molecule has 22 heavy (non-hydrogen) atoms. The van der Waals surface area contributed by atoms with Crippen LogP contribution in [0.25, 0.3) is 10.9 Å². The zero-order chi connectivity index (χ0) is 15.9. The van der Waals surface area contributed by atoms with Crippen LogP contribution in [0.3, 0.4) is 0 Å². The molecule has 0 spiro atoms. The molecule has 1 heterocycles. The highest BCUT2D eigenvalue weighted by atomic mass is 35.5. The van der Waals surface area contributed by atoms with Gasteiger partial charge in [-0.1, -0.05) is 25.1 Å². The second-order valence-electron chi connectivity index (χ2n) is 5.78. The molecule has 2 aromatic rings. The van der Waals surface area contributed by atoms with E-state index in [9.17, 15) is 0 Å². The van der Waals surface area contributed by atoms with Gasteiger partial charge in [0.2, 0.25) is 0 Å². The fourth-order valence-corrected chi connectivity index (χ4v) is 2.89. The molecule has 0 aliphatic carbocycles. The highest BCUT2D eigenvalue weighted by Gasteiger charge is 2.09. The average Bonchev–Trinajstić information content (AvgIpc) is 2.51. The summed E-state index contributed by atoms with van der Waals surface area (Å²) >= 11 is 6.14. The Balaban J connectivity index is 1.84. The second kappa shape index (κ2) is 8.35. The first-order valence-corrected chi connectivity index (χ1v) is 8.54. The Labute approximate surface area is 138 Å². The Morgan fingerprint density at radius 3 is 2.68 bits per heavy atom. The molecule has 3 nitrogen and oxygen atoms in total. The first-order valence-electron chi connectivity index (χ1n) is 8.10. The fourth-order valence-electron chi connectivity index (χ4n) is 2.66. The summed E-state index contributed by atoms with van der Waals surface area (Å²) in [5.41, 5.74) is 1.14. The molecule has 0 saturated carbocycles. The Bertz CT molecular complexity index is 585. The lowest BCUT2D eigenvalue weighted by molar-refractivity contribution is 0.269. The van der Waals surface area contributed by atoms with Gasteiger partial charge in [0.05, 0.1) is 11.0 Å². The van der Waals surface area contributed by atoms with E-state index in [2.05, 4.69) is 47.2 Å². The zero-order valence-electron chi connectivity index (χ0n) is 13.7. The smallest absolute Gasteiger partial charge is 0.126 e. The van der Waals surface area contributed by atoms with E-state index in [0.29, 0.717) is 6.04 Å². The first kappa shape index (κ1) is 17.0. The van der Waals surface area contributed by atoms with Crippen LogP contribution >= 0.6 is 11.6 Å². The third kappa shape index (κ3) is 4.85. The van der Waals surface area contributed by atoms with Gasteiger partial charge in [-0.15, -0.1) is 11.6 Å². The number of halogens is 1. The maximum absolute atomic E-state index is 6.14. The number of aromatic nitrogens is 1. The predicted molar refractivity (Wildman–Crippen MR) is 96.6 cm³/mol. The van der Waals surface area contributed by atoms with E-state index in [1.54, 1.807) is 0 Å². The molecule has 120 valence electrons. The van der Waals surface area contributed by atoms with Gasteiger partial charge in [-0.2, -0.15) is 0 Å². The van der Waals surface area contributed by atoms with Gasteiger partial charge >= 0.3 is 0 Å². The van der Waals surface area contributed by atoms with Gasteiger partial charge in [-0.05, 0) is 58.0 Å². The van der Waals surface area contributed by atoms with Crippen molar-refractivity contribution < 1.29 is 0 Å². The largest absolute Gasteiger partial charge is 0.368 e. The van der Waals surface area contributed by atoms with Crippen molar-refractivity contribution in [3.63, 3.8) is 0 Å². The number of fused-ring (bicyclic) bond motifs is 1. The second-order valence-corrected chi connectivity index (χ2v) is 6.41. The van der Waals surface area contributed by atoms with E-state index in [4.69, 9.17) is 11.6 Å². The van der Waals surface area contributed by atoms with Crippen molar-refractivity contribution in [2.24, 2.45) is 0 Å². The van der Waals surface area contributed by atoms with Gasteiger partial charge in [0.1, 0.15) is 5.82 Å². The molecule has 0 amide bonds. The summed E-state index contributed by atoms with van der Waals surface area (Å²) in [4.78, 5) is 6.94. The number of anilines is 1. The van der Waals surface area contributed by atoms with Crippen LogP contribution in [0.15, 0.2) is 36.4 Å². The monoisotopic (exact) mass is 319 g/mol. The minimum Gasteiger partial charge on any atom is -0.368 e. The standard InChI is InChI=1S/C18H26ClN3/c1-4-22(15(3)19)13-7-8-14(2)20-18-12-11-16-9-5-6-10-17(16)21-18/h5-6,9-12,14-15H,4,7-8,13H2,1-3H3,(H,20,21). The molecular weight excluding hydrogens is 294 g/mol. The first-order chi connectivity index (χ1) is 10.6. The number of nitrogens with zero attached hydrogens (tertiary/aromatic N) is 2. The molecule has 0 aliphatic heterocycles. The van der Waals surface area contributed by atoms with Crippen molar-refractivity contribution in [2.75, 3.05) is 18.4 Å². The van der Waals surface area contributed by atoms with Gasteiger partial charge in [-0.25, -0.2) is 4.98 Å². The van der Waals surface area contributed by atoms with Crippen LogP contribution in [0.1, 0.15) is 33.6 Å². The minimum atomic E-state index is 0.107. The molecule has 2 unspecified atom stereocenters. The van der Waals surface area contributed by atoms with Crippen LogP contribution in [-0.2, 0) is 0 Å². The van der Waals surface area contributed by atoms with Crippen molar-refractivity contribution in [3.8, 4) is 0 Å². The molecule has 1 aromatic heterocycles. The summed E-state index contributed by atoms with van der Waals surface area (Å²) in [5, 5.41) is 4.67. The van der Waals surface area contributed by atoms with Crippen molar-refractivity contribution in [2.45, 2.75) is 45.2 Å². The summed E-state index contributed by atoms with van der Waals surface area (Å²) < 4.78 is 0. The van der Waals surface area contributed by atoms with Crippen LogP contribution in [0, 0.1) is 0 Å². The number of hydrogen-bond donors (Lipinski definition) is 1. The lowest BCUT2D eigenvalue weighted by Crippen LogP contribution is -2.30. The lowest BCUT2D eigenvalue weighted by Gasteiger charge is -2.24. The molecule has 0 radical (unpaired) electrons. The summed E-state index contributed by atoms with van der Waals surface area (Å²) in [7, 11) is 0. The third-order valence-corrected chi connectivity index (χ3v) is 4.26. The van der Waals surface area contributed by atoms with E-state index in [-0.39, 0.29) is 5.50 Å². The summed E-state index contributed by atoms with van der Waals surface area (Å²) in [5.74, 6) is 0.948. The Morgan fingerprint density at radius 2 is 1.95 bits per heavy atom. The number of para-hydroxylation sites is 1. The van der Waals surface area contributed by atoms with E-state index in [0.717, 1.165) is 37.3 Å². The molecule has 0 saturated heterocycles. The van der Waals surface area contributed by atoms with Crippen molar-refractivity contribution in [1.29, 1.82) is 0 Å². The Morgan fingerprint density at radius 1 is 1.18 bits per heavy atom. The van der Waals surface area contributed by atoms with Crippen LogP contribution in [0.4, 0.5) is 5.82 Å². The topological polar surface area (TPSA) is 28.2 Å². The zero-order valence-corrected chi connectivity index (χ0v) is 14.5. The SMILES string of the molecule is CCN(CCCC(C)Nc1ccc2ccccc2n1)C(C)Cl. The van der Waals surface area contributed by atoms with E-state index >= 15 is 0 Å². The van der Waals surface area contributed by atoms with Crippen molar-refractivity contribution in [1.82, 2.24) is 9.88 Å². The normalized spacial score (nSPS) is 14.2. The molecule has 2 atom stereocenters. The molecule has 0 bridgehead atoms. The van der Waals surface area contributed by atoms with Crippen LogP contribution < -0.4 is 5.32 Å². The van der Waals surface area contributed by atoms with Gasteiger partial charge < -0.3 is 5.32 Å². The average molecular weight is 320 g/mol. The van der Waals surface area contributed by atoms with Crippen molar-refractivity contribution >= 4 is 28.3 Å². The summed E-state index contributed by atoms with van der Waals surface area (Å²) in [6.45, 7) is 8.43. The Kier molecular flexibility index (Phi) is 6.47. The maximum Gasteiger partial charge on any atom is 0.126 e. The quantitative estimate of drug-likeness (QED) is 0.563. The number of pyridine rings is 1. The van der Waals surface area contributed by atoms with E-state index in [1.807, 2.05) is 25.1 Å². The number of nitrogens with one attached hydrogen (secondary N) is 1. The minimum absolute atomic E-state index is 0.107. The highest BCUT2D eigenvalue weighted by molar-refractivity contribution is 6.20. The molecule has 4 heteroatoms. The van der Waals surface area contributed by atoms with Gasteiger partial charge in [-0.3, -0.25) is 4.90 Å². The highest BCUT2D eigenvalue weighted by Crippen LogP contribution is 2.16. The molecule has 0 fully saturated rings. The molecule has 1 aromatic carbocycles. The fraction of sp³-hybridized carbons (Fsp3) is 0.500. The number of rotatable bonds is 8. The van der Waals surface area contributed by atoms with Crippen LogP contribution in [0.2, 0.25) is 0 Å². The number of benzene rings is 1. The lowest BCUT2D eigenvalue weighted by atomic mass is 10.1. The van der Waals surface area contributed by atoms with Crippen molar-refractivity contribution in [3.05, 3.63) is 36.4 Å². The van der Waals surface area contributed by atoms with E-state index in [1.165, 1.54) is 5.39 Å². The van der Waals surface area contributed by atoms with Gasteiger partial charge in [0.25, 0.3) is 0 Å². The molecule has 2 rings (SSSR count). The maximum atomic E-state index is 6.14. The van der Waals surface area contributed by atoms with E-state index < -0.39 is 0 Å². The number of alkyl halides is 1. The Hall–Kier alpha value is -1.32. The summed E-state index contributed by atoms with van der Waals surface area (Å²) in [6, 6.07) is 12.8. The van der Waals surface area contributed by atoms with Crippen LogP contribution in [0.5, 0.6) is 0 Å².